The summed E-state index contributed by atoms with van der Waals surface area (Å²) in [4.78, 5) is 22.9. The van der Waals surface area contributed by atoms with E-state index in [9.17, 15) is 32.3 Å². The van der Waals surface area contributed by atoms with Gasteiger partial charge in [-0.15, -0.1) is 0 Å². The van der Waals surface area contributed by atoms with Gasteiger partial charge in [-0.3, -0.25) is 4.79 Å². The fraction of sp³-hybridized carbons (Fsp3) is 0.467. The van der Waals surface area contributed by atoms with E-state index in [0.29, 0.717) is 6.92 Å². The van der Waals surface area contributed by atoms with E-state index >= 15 is 0 Å². The number of carbonyl (C=O) groups is 2. The fourth-order valence-electron chi connectivity index (χ4n) is 1.55. The molecule has 1 aromatic carbocycles. The molecule has 2 atom stereocenters. The molecule has 0 aliphatic carbocycles. The molecule has 0 aliphatic heterocycles. The quantitative estimate of drug-likeness (QED) is 0.632. The molecule has 5 nitrogen and oxygen atoms in total. The lowest BCUT2D eigenvalue weighted by Gasteiger charge is -2.24. The highest BCUT2D eigenvalue weighted by molar-refractivity contribution is 5.97. The second-order valence-electron chi connectivity index (χ2n) is 5.49. The molecular formula is C15H17F4NO4. The van der Waals surface area contributed by atoms with E-state index in [1.807, 2.05) is 5.32 Å². The lowest BCUT2D eigenvalue weighted by molar-refractivity contribution is -0.242. The van der Waals surface area contributed by atoms with Crippen molar-refractivity contribution in [2.75, 3.05) is 5.32 Å². The molecule has 0 saturated carbocycles. The van der Waals surface area contributed by atoms with Crippen molar-refractivity contribution < 1.29 is 37.0 Å². The molecule has 0 aromatic heterocycles. The number of nitrogens with one attached hydrogen (secondary N) is 1. The van der Waals surface area contributed by atoms with E-state index in [-0.39, 0.29) is 11.3 Å². The molecule has 0 spiro atoms. The maximum atomic E-state index is 13.9. The van der Waals surface area contributed by atoms with Crippen LogP contribution in [0.3, 0.4) is 0 Å². The van der Waals surface area contributed by atoms with Crippen molar-refractivity contribution >= 4 is 17.6 Å². The first kappa shape index (κ1) is 19.9. The minimum Gasteiger partial charge on any atom is -0.461 e. The fourth-order valence-corrected chi connectivity index (χ4v) is 1.55. The van der Waals surface area contributed by atoms with Crippen LogP contribution in [0.25, 0.3) is 0 Å². The first-order valence-corrected chi connectivity index (χ1v) is 6.91. The van der Waals surface area contributed by atoms with Crippen LogP contribution in [-0.4, -0.2) is 34.9 Å². The van der Waals surface area contributed by atoms with Gasteiger partial charge in [0.15, 0.2) is 0 Å². The molecule has 2 N–H and O–H groups in total. The average molecular weight is 351 g/mol. The number of esters is 1. The van der Waals surface area contributed by atoms with Gasteiger partial charge < -0.3 is 15.2 Å². The summed E-state index contributed by atoms with van der Waals surface area (Å²) in [6.45, 7) is 3.42. The number of anilines is 1. The van der Waals surface area contributed by atoms with Gasteiger partial charge in [0.2, 0.25) is 11.8 Å². The molecule has 0 bridgehead atoms. The smallest absolute Gasteiger partial charge is 0.426 e. The predicted molar refractivity (Wildman–Crippen MR) is 76.8 cm³/mol. The topological polar surface area (TPSA) is 75.6 Å². The molecule has 24 heavy (non-hydrogen) atoms. The zero-order valence-corrected chi connectivity index (χ0v) is 13.1. The normalized spacial score (nSPS) is 15.5. The van der Waals surface area contributed by atoms with Crippen LogP contribution in [-0.2, 0) is 14.3 Å². The van der Waals surface area contributed by atoms with Crippen LogP contribution in [0.15, 0.2) is 24.3 Å². The number of hydrogen-bond donors (Lipinski definition) is 2. The van der Waals surface area contributed by atoms with Gasteiger partial charge in [-0.2, -0.15) is 13.2 Å². The zero-order chi connectivity index (χ0) is 18.7. The molecule has 1 aromatic rings. The van der Waals surface area contributed by atoms with Crippen LogP contribution in [0.4, 0.5) is 23.2 Å². The van der Waals surface area contributed by atoms with E-state index in [0.717, 1.165) is 24.3 Å². The van der Waals surface area contributed by atoms with Crippen molar-refractivity contribution in [3.8, 4) is 0 Å². The Morgan fingerprint density at radius 3 is 2.08 bits per heavy atom. The summed E-state index contributed by atoms with van der Waals surface area (Å²) in [6.07, 6.45) is -7.71. The van der Waals surface area contributed by atoms with Gasteiger partial charge in [0.25, 0.3) is 5.91 Å². The van der Waals surface area contributed by atoms with E-state index in [2.05, 4.69) is 0 Å². The SMILES string of the molecule is CC(C)OC(=O)C(F)c1ccc(NC(=O)C(C)(O)C(F)(F)F)cc1. The minimum absolute atomic E-state index is 0.0822. The Hall–Kier alpha value is -2.16. The number of amides is 1. The lowest BCUT2D eigenvalue weighted by atomic mass is 10.1. The van der Waals surface area contributed by atoms with E-state index in [1.54, 1.807) is 13.8 Å². The van der Waals surface area contributed by atoms with Gasteiger partial charge in [0.05, 0.1) is 6.10 Å². The number of carbonyl (C=O) groups excluding carboxylic acids is 2. The van der Waals surface area contributed by atoms with Gasteiger partial charge in [0.1, 0.15) is 0 Å². The summed E-state index contributed by atoms with van der Waals surface area (Å²) in [7, 11) is 0. The summed E-state index contributed by atoms with van der Waals surface area (Å²) in [5, 5.41) is 11.1. The third kappa shape index (κ3) is 4.67. The van der Waals surface area contributed by atoms with Gasteiger partial charge in [0, 0.05) is 5.69 Å². The largest absolute Gasteiger partial charge is 0.461 e. The Morgan fingerprint density at radius 1 is 1.17 bits per heavy atom. The first-order chi connectivity index (χ1) is 10.9. The number of benzene rings is 1. The summed E-state index contributed by atoms with van der Waals surface area (Å²) in [6, 6.07) is 4.44. The standard InChI is InChI=1S/C15H17F4NO4/c1-8(2)24-12(21)11(16)9-4-6-10(7-5-9)20-13(22)14(3,23)15(17,18)19/h4-8,11,23H,1-3H3,(H,20,22). The number of aliphatic hydroxyl groups is 1. The molecule has 0 aliphatic rings. The molecule has 1 amide bonds. The first-order valence-electron chi connectivity index (χ1n) is 6.91. The van der Waals surface area contributed by atoms with Crippen LogP contribution < -0.4 is 5.32 Å². The van der Waals surface area contributed by atoms with Crippen molar-refractivity contribution in [1.29, 1.82) is 0 Å². The van der Waals surface area contributed by atoms with Gasteiger partial charge in [-0.05, 0) is 38.5 Å². The van der Waals surface area contributed by atoms with Crippen LogP contribution in [0, 0.1) is 0 Å². The number of hydrogen-bond acceptors (Lipinski definition) is 4. The number of alkyl halides is 4. The highest BCUT2D eigenvalue weighted by Gasteiger charge is 2.55. The molecular weight excluding hydrogens is 334 g/mol. The maximum Gasteiger partial charge on any atom is 0.426 e. The molecule has 2 unspecified atom stereocenters. The average Bonchev–Trinajstić information content (AvgIpc) is 2.45. The maximum absolute atomic E-state index is 13.9. The van der Waals surface area contributed by atoms with Crippen molar-refractivity contribution in [1.82, 2.24) is 0 Å². The summed E-state index contributed by atoms with van der Waals surface area (Å²) >= 11 is 0. The van der Waals surface area contributed by atoms with Crippen molar-refractivity contribution in [3.05, 3.63) is 29.8 Å². The van der Waals surface area contributed by atoms with Crippen LogP contribution in [0.1, 0.15) is 32.5 Å². The zero-order valence-electron chi connectivity index (χ0n) is 13.1. The molecule has 0 fully saturated rings. The Morgan fingerprint density at radius 2 is 1.67 bits per heavy atom. The summed E-state index contributed by atoms with van der Waals surface area (Å²) in [5.74, 6) is -2.78. The van der Waals surface area contributed by atoms with Gasteiger partial charge in [-0.1, -0.05) is 12.1 Å². The molecule has 9 heteroatoms. The van der Waals surface area contributed by atoms with E-state index < -0.39 is 35.9 Å². The Balaban J connectivity index is 2.82. The highest BCUT2D eigenvalue weighted by Crippen LogP contribution is 2.31. The van der Waals surface area contributed by atoms with Crippen LogP contribution in [0.5, 0.6) is 0 Å². The monoisotopic (exact) mass is 351 g/mol. The van der Waals surface area contributed by atoms with Gasteiger partial charge >= 0.3 is 12.1 Å². The van der Waals surface area contributed by atoms with Crippen LogP contribution in [0.2, 0.25) is 0 Å². The Kier molecular flexibility index (Phi) is 5.94. The van der Waals surface area contributed by atoms with Crippen molar-refractivity contribution in [3.63, 3.8) is 0 Å². The molecule has 134 valence electrons. The highest BCUT2D eigenvalue weighted by atomic mass is 19.4. The van der Waals surface area contributed by atoms with Gasteiger partial charge in [-0.25, -0.2) is 9.18 Å². The number of ether oxygens (including phenoxy) is 1. The molecule has 1 rings (SSSR count). The molecule has 0 saturated heterocycles. The molecule has 0 radical (unpaired) electrons. The summed E-state index contributed by atoms with van der Waals surface area (Å²) < 4.78 is 56.2. The minimum atomic E-state index is -5.15. The predicted octanol–water partition coefficient (Wildman–Crippen LogP) is 2.90. The Bertz CT molecular complexity index is 596. The second kappa shape index (κ2) is 7.16. The molecule has 0 heterocycles. The number of halogens is 4. The third-order valence-electron chi connectivity index (χ3n) is 3.01. The van der Waals surface area contributed by atoms with E-state index in [4.69, 9.17) is 4.74 Å². The van der Waals surface area contributed by atoms with Crippen molar-refractivity contribution in [2.45, 2.75) is 44.8 Å². The van der Waals surface area contributed by atoms with Crippen molar-refractivity contribution in [2.24, 2.45) is 0 Å². The second-order valence-corrected chi connectivity index (χ2v) is 5.49. The van der Waals surface area contributed by atoms with Crippen LogP contribution >= 0.6 is 0 Å². The third-order valence-corrected chi connectivity index (χ3v) is 3.01. The lowest BCUT2D eigenvalue weighted by Crippen LogP contribution is -2.52. The Labute approximate surface area is 135 Å². The summed E-state index contributed by atoms with van der Waals surface area (Å²) in [5.41, 5.74) is -3.76. The number of rotatable bonds is 5. The van der Waals surface area contributed by atoms with E-state index in [1.165, 1.54) is 0 Å².